The number of ether oxygens (including phenoxy) is 1. The molecule has 0 amide bonds. The van der Waals surface area contributed by atoms with E-state index in [9.17, 15) is 0 Å². The highest BCUT2D eigenvalue weighted by molar-refractivity contribution is 5.30. The summed E-state index contributed by atoms with van der Waals surface area (Å²) < 4.78 is 7.10. The summed E-state index contributed by atoms with van der Waals surface area (Å²) in [5, 5.41) is 7.71. The van der Waals surface area contributed by atoms with Crippen LogP contribution < -0.4 is 10.1 Å². The summed E-state index contributed by atoms with van der Waals surface area (Å²) in [4.78, 5) is 13.0. The lowest BCUT2D eigenvalue weighted by Crippen LogP contribution is -2.12. The van der Waals surface area contributed by atoms with Crippen LogP contribution >= 0.6 is 0 Å². The monoisotopic (exact) mass is 288 g/mol. The first-order chi connectivity index (χ1) is 10.3. The van der Waals surface area contributed by atoms with Crippen molar-refractivity contribution >= 4 is 5.95 Å². The van der Waals surface area contributed by atoms with E-state index in [1.807, 2.05) is 19.2 Å². The number of aromatic nitrogens is 5. The van der Waals surface area contributed by atoms with E-state index in [1.54, 1.807) is 4.68 Å². The summed E-state index contributed by atoms with van der Waals surface area (Å²) in [6.45, 7) is 5.32. The molecule has 21 heavy (non-hydrogen) atoms. The number of nitrogens with one attached hydrogen (secondary N) is 1. The van der Waals surface area contributed by atoms with Crippen LogP contribution in [0.1, 0.15) is 44.7 Å². The SMILES string of the molecule is CCCNc1nc(OCC)nc(-n2ccc(C3CC3)n2)n1. The van der Waals surface area contributed by atoms with Crippen LogP contribution in [0.4, 0.5) is 5.95 Å². The fraction of sp³-hybridized carbons (Fsp3) is 0.571. The molecule has 1 N–H and O–H groups in total. The molecule has 2 aromatic heterocycles. The van der Waals surface area contributed by atoms with Crippen molar-refractivity contribution in [2.75, 3.05) is 18.5 Å². The van der Waals surface area contributed by atoms with Gasteiger partial charge in [-0.2, -0.15) is 20.1 Å². The maximum Gasteiger partial charge on any atom is 0.323 e. The molecule has 0 atom stereocenters. The Morgan fingerprint density at radius 2 is 2.14 bits per heavy atom. The van der Waals surface area contributed by atoms with Crippen molar-refractivity contribution in [2.24, 2.45) is 0 Å². The fourth-order valence-electron chi connectivity index (χ4n) is 2.00. The van der Waals surface area contributed by atoms with Crippen molar-refractivity contribution in [3.63, 3.8) is 0 Å². The number of nitrogens with zero attached hydrogens (tertiary/aromatic N) is 5. The summed E-state index contributed by atoms with van der Waals surface area (Å²) >= 11 is 0. The van der Waals surface area contributed by atoms with Gasteiger partial charge < -0.3 is 10.1 Å². The molecular formula is C14H20N6O. The summed E-state index contributed by atoms with van der Waals surface area (Å²) in [5.41, 5.74) is 1.11. The second-order valence-corrected chi connectivity index (χ2v) is 5.06. The third-order valence-electron chi connectivity index (χ3n) is 3.22. The van der Waals surface area contributed by atoms with Gasteiger partial charge in [-0.05, 0) is 32.3 Å². The van der Waals surface area contributed by atoms with Gasteiger partial charge in [0.25, 0.3) is 5.95 Å². The minimum atomic E-state index is 0.324. The van der Waals surface area contributed by atoms with Gasteiger partial charge in [-0.1, -0.05) is 6.92 Å². The van der Waals surface area contributed by atoms with Gasteiger partial charge in [0.15, 0.2) is 0 Å². The number of hydrogen-bond acceptors (Lipinski definition) is 6. The van der Waals surface area contributed by atoms with E-state index in [-0.39, 0.29) is 0 Å². The Balaban J connectivity index is 1.88. The molecule has 7 heteroatoms. The van der Waals surface area contributed by atoms with Gasteiger partial charge in [0.05, 0.1) is 12.3 Å². The van der Waals surface area contributed by atoms with Crippen LogP contribution in [0.25, 0.3) is 5.95 Å². The van der Waals surface area contributed by atoms with E-state index in [4.69, 9.17) is 4.74 Å². The van der Waals surface area contributed by atoms with Crippen molar-refractivity contribution < 1.29 is 4.74 Å². The summed E-state index contributed by atoms with van der Waals surface area (Å²) in [6.07, 6.45) is 5.34. The van der Waals surface area contributed by atoms with Crippen LogP contribution in [0, 0.1) is 0 Å². The molecule has 0 aliphatic heterocycles. The minimum absolute atomic E-state index is 0.324. The third-order valence-corrected chi connectivity index (χ3v) is 3.22. The van der Waals surface area contributed by atoms with Gasteiger partial charge in [0.1, 0.15) is 0 Å². The normalized spacial score (nSPS) is 14.2. The molecule has 0 bridgehead atoms. The van der Waals surface area contributed by atoms with Gasteiger partial charge in [0.2, 0.25) is 5.95 Å². The summed E-state index contributed by atoms with van der Waals surface area (Å²) in [7, 11) is 0. The predicted octanol–water partition coefficient (Wildman–Crippen LogP) is 2.16. The lowest BCUT2D eigenvalue weighted by molar-refractivity contribution is 0.311. The molecule has 1 fully saturated rings. The predicted molar refractivity (Wildman–Crippen MR) is 78.9 cm³/mol. The van der Waals surface area contributed by atoms with Crippen LogP contribution in [0.2, 0.25) is 0 Å². The second kappa shape index (κ2) is 6.07. The standard InChI is InChI=1S/C14H20N6O/c1-3-8-15-12-16-13(18-14(17-12)21-4-2)20-9-7-11(19-20)10-5-6-10/h7,9-10H,3-6,8H2,1-2H3,(H,15,16,17,18). The lowest BCUT2D eigenvalue weighted by atomic mass is 10.3. The molecular weight excluding hydrogens is 268 g/mol. The van der Waals surface area contributed by atoms with Crippen LogP contribution in [0.3, 0.4) is 0 Å². The molecule has 0 spiro atoms. The van der Waals surface area contributed by atoms with Gasteiger partial charge in [-0.15, -0.1) is 0 Å². The van der Waals surface area contributed by atoms with Gasteiger partial charge in [0, 0.05) is 18.7 Å². The average molecular weight is 288 g/mol. The van der Waals surface area contributed by atoms with E-state index < -0.39 is 0 Å². The van der Waals surface area contributed by atoms with Crippen molar-refractivity contribution in [1.29, 1.82) is 0 Å². The molecule has 112 valence electrons. The molecule has 0 aromatic carbocycles. The minimum Gasteiger partial charge on any atom is -0.464 e. The van der Waals surface area contributed by atoms with Gasteiger partial charge in [-0.25, -0.2) is 4.68 Å². The van der Waals surface area contributed by atoms with Gasteiger partial charge in [-0.3, -0.25) is 0 Å². The number of anilines is 1. The van der Waals surface area contributed by atoms with Crippen LogP contribution in [0.15, 0.2) is 12.3 Å². The van der Waals surface area contributed by atoms with Crippen molar-refractivity contribution in [3.8, 4) is 12.0 Å². The highest BCUT2D eigenvalue weighted by atomic mass is 16.5. The Morgan fingerprint density at radius 3 is 2.86 bits per heavy atom. The highest BCUT2D eigenvalue weighted by Gasteiger charge is 2.26. The van der Waals surface area contributed by atoms with E-state index in [0.717, 1.165) is 18.7 Å². The average Bonchev–Trinajstić information content (AvgIpc) is 3.22. The molecule has 2 aromatic rings. The molecule has 3 rings (SSSR count). The fourth-order valence-corrected chi connectivity index (χ4v) is 2.00. The quantitative estimate of drug-likeness (QED) is 0.841. The van der Waals surface area contributed by atoms with Crippen LogP contribution in [0.5, 0.6) is 6.01 Å². The largest absolute Gasteiger partial charge is 0.464 e. The molecule has 0 radical (unpaired) electrons. The van der Waals surface area contributed by atoms with Crippen molar-refractivity contribution in [3.05, 3.63) is 18.0 Å². The summed E-state index contributed by atoms with van der Waals surface area (Å²) in [6, 6.07) is 2.35. The molecule has 2 heterocycles. The van der Waals surface area contributed by atoms with Crippen LogP contribution in [-0.2, 0) is 0 Å². The van der Waals surface area contributed by atoms with E-state index >= 15 is 0 Å². The summed E-state index contributed by atoms with van der Waals surface area (Å²) in [5.74, 6) is 1.62. The highest BCUT2D eigenvalue weighted by Crippen LogP contribution is 2.38. The molecule has 0 saturated heterocycles. The zero-order chi connectivity index (χ0) is 14.7. The maximum atomic E-state index is 5.41. The lowest BCUT2D eigenvalue weighted by Gasteiger charge is -2.08. The van der Waals surface area contributed by atoms with E-state index in [2.05, 4.69) is 32.3 Å². The second-order valence-electron chi connectivity index (χ2n) is 5.06. The molecule has 1 aliphatic carbocycles. The van der Waals surface area contributed by atoms with E-state index in [1.165, 1.54) is 12.8 Å². The third kappa shape index (κ3) is 3.29. The zero-order valence-corrected chi connectivity index (χ0v) is 12.4. The van der Waals surface area contributed by atoms with Crippen LogP contribution in [-0.4, -0.2) is 37.9 Å². The molecule has 7 nitrogen and oxygen atoms in total. The first-order valence-corrected chi connectivity index (χ1v) is 7.48. The number of hydrogen-bond donors (Lipinski definition) is 1. The first-order valence-electron chi connectivity index (χ1n) is 7.48. The Labute approximate surface area is 123 Å². The molecule has 1 saturated carbocycles. The maximum absolute atomic E-state index is 5.41. The van der Waals surface area contributed by atoms with E-state index in [0.29, 0.717) is 30.4 Å². The smallest absolute Gasteiger partial charge is 0.323 e. The van der Waals surface area contributed by atoms with Crippen molar-refractivity contribution in [2.45, 2.75) is 39.0 Å². The molecule has 0 unspecified atom stereocenters. The molecule has 1 aliphatic rings. The van der Waals surface area contributed by atoms with Crippen molar-refractivity contribution in [1.82, 2.24) is 24.7 Å². The van der Waals surface area contributed by atoms with Gasteiger partial charge >= 0.3 is 6.01 Å². The Hall–Kier alpha value is -2.18. The zero-order valence-electron chi connectivity index (χ0n) is 12.4. The Kier molecular flexibility index (Phi) is 3.98. The first kappa shape index (κ1) is 13.8. The Morgan fingerprint density at radius 1 is 1.29 bits per heavy atom. The number of rotatable bonds is 7. The Bertz CT molecular complexity index is 607. The topological polar surface area (TPSA) is 77.8 Å².